The maximum absolute atomic E-state index is 12.1. The molecule has 2 aromatic carbocycles. The van der Waals surface area contributed by atoms with Gasteiger partial charge in [0.1, 0.15) is 0 Å². The van der Waals surface area contributed by atoms with Crippen LogP contribution in [0, 0.1) is 0 Å². The summed E-state index contributed by atoms with van der Waals surface area (Å²) in [4.78, 5) is 12.1. The lowest BCUT2D eigenvalue weighted by Crippen LogP contribution is -2.20. The molecule has 3 aromatic rings. The van der Waals surface area contributed by atoms with Gasteiger partial charge in [0, 0.05) is 18.8 Å². The summed E-state index contributed by atoms with van der Waals surface area (Å²) in [5.74, 6) is -0.345. The lowest BCUT2D eigenvalue weighted by atomic mass is 10.1. The van der Waals surface area contributed by atoms with Crippen LogP contribution in [-0.4, -0.2) is 21.4 Å². The predicted molar refractivity (Wildman–Crippen MR) is 99.1 cm³/mol. The van der Waals surface area contributed by atoms with Crippen molar-refractivity contribution in [1.29, 1.82) is 0 Å². The van der Waals surface area contributed by atoms with Crippen molar-refractivity contribution in [2.75, 3.05) is 0 Å². The molecule has 0 atom stereocenters. The van der Waals surface area contributed by atoms with Crippen molar-refractivity contribution >= 4 is 17.7 Å². The smallest absolute Gasteiger partial charge is 0.275 e. The van der Waals surface area contributed by atoms with E-state index in [0.717, 1.165) is 11.1 Å². The van der Waals surface area contributed by atoms with Crippen molar-refractivity contribution in [3.63, 3.8) is 0 Å². The number of hydrazone groups is 1. The van der Waals surface area contributed by atoms with Gasteiger partial charge in [-0.2, -0.15) is 10.2 Å². The van der Waals surface area contributed by atoms with Crippen molar-refractivity contribution in [2.45, 2.75) is 0 Å². The van der Waals surface area contributed by atoms with Crippen LogP contribution in [0.1, 0.15) is 21.6 Å². The Kier molecular flexibility index (Phi) is 5.16. The molecule has 0 radical (unpaired) electrons. The first-order chi connectivity index (χ1) is 12.2. The standard InChI is InChI=1S/C20H18N4O/c1-24-15-14-19(23-24)20(25)22-21-18(17-10-6-3-7-11-17)13-12-16-8-4-2-5-9-16/h2-15H,1H3,(H,22,25)/b13-12+,21-18-. The van der Waals surface area contributed by atoms with Crippen molar-refractivity contribution in [3.8, 4) is 0 Å². The van der Waals surface area contributed by atoms with E-state index in [1.165, 1.54) is 0 Å². The number of amides is 1. The lowest BCUT2D eigenvalue weighted by Gasteiger charge is -2.03. The molecule has 1 aromatic heterocycles. The van der Waals surface area contributed by atoms with Crippen LogP contribution in [0.15, 0.2) is 84.1 Å². The molecule has 1 amide bonds. The fraction of sp³-hybridized carbons (Fsp3) is 0.0500. The Bertz CT molecular complexity index is 896. The van der Waals surface area contributed by atoms with Gasteiger partial charge in [-0.25, -0.2) is 5.43 Å². The molecule has 0 saturated carbocycles. The van der Waals surface area contributed by atoms with Gasteiger partial charge in [0.2, 0.25) is 0 Å². The first kappa shape index (κ1) is 16.4. The van der Waals surface area contributed by atoms with Crippen LogP contribution in [0.25, 0.3) is 6.08 Å². The third kappa shape index (κ3) is 4.51. The number of nitrogens with zero attached hydrogens (tertiary/aromatic N) is 3. The van der Waals surface area contributed by atoms with Crippen LogP contribution in [-0.2, 0) is 7.05 Å². The molecule has 0 aliphatic carbocycles. The summed E-state index contributed by atoms with van der Waals surface area (Å²) in [5, 5.41) is 8.35. The minimum absolute atomic E-state index is 0.325. The zero-order valence-corrected chi connectivity index (χ0v) is 13.8. The van der Waals surface area contributed by atoms with Crippen LogP contribution in [0.3, 0.4) is 0 Å². The number of benzene rings is 2. The normalized spacial score (nSPS) is 11.6. The van der Waals surface area contributed by atoms with E-state index in [1.54, 1.807) is 24.0 Å². The van der Waals surface area contributed by atoms with Gasteiger partial charge in [-0.1, -0.05) is 66.7 Å². The van der Waals surface area contributed by atoms with Crippen LogP contribution in [0.5, 0.6) is 0 Å². The van der Waals surface area contributed by atoms with Crippen LogP contribution in [0.4, 0.5) is 0 Å². The van der Waals surface area contributed by atoms with Crippen molar-refractivity contribution < 1.29 is 4.79 Å². The topological polar surface area (TPSA) is 59.3 Å². The molecule has 0 unspecified atom stereocenters. The Balaban J connectivity index is 1.83. The van der Waals surface area contributed by atoms with Crippen molar-refractivity contribution in [2.24, 2.45) is 12.1 Å². The summed E-state index contributed by atoms with van der Waals surface area (Å²) >= 11 is 0. The maximum Gasteiger partial charge on any atom is 0.291 e. The Hall–Kier alpha value is -3.47. The highest BCUT2D eigenvalue weighted by atomic mass is 16.2. The average Bonchev–Trinajstić information content (AvgIpc) is 3.10. The molecule has 5 nitrogen and oxygen atoms in total. The van der Waals surface area contributed by atoms with E-state index in [1.807, 2.05) is 72.8 Å². The van der Waals surface area contributed by atoms with Crippen molar-refractivity contribution in [1.82, 2.24) is 15.2 Å². The molecule has 124 valence electrons. The van der Waals surface area contributed by atoms with E-state index < -0.39 is 0 Å². The molecule has 0 bridgehead atoms. The number of hydrogen-bond donors (Lipinski definition) is 1. The summed E-state index contributed by atoms with van der Waals surface area (Å²) in [6.07, 6.45) is 5.55. The minimum atomic E-state index is -0.345. The molecule has 0 aliphatic rings. The van der Waals surface area contributed by atoms with Crippen LogP contribution in [0.2, 0.25) is 0 Å². The molecule has 25 heavy (non-hydrogen) atoms. The molecule has 0 spiro atoms. The average molecular weight is 330 g/mol. The molecule has 1 N–H and O–H groups in total. The number of allylic oxidation sites excluding steroid dienone is 1. The fourth-order valence-electron chi connectivity index (χ4n) is 2.25. The third-order valence-electron chi connectivity index (χ3n) is 3.53. The van der Waals surface area contributed by atoms with E-state index in [4.69, 9.17) is 0 Å². The number of aromatic nitrogens is 2. The van der Waals surface area contributed by atoms with E-state index in [9.17, 15) is 4.79 Å². The second-order valence-corrected chi connectivity index (χ2v) is 5.42. The highest BCUT2D eigenvalue weighted by Crippen LogP contribution is 2.07. The Morgan fingerprint density at radius 1 is 1.04 bits per heavy atom. The quantitative estimate of drug-likeness (QED) is 0.576. The Morgan fingerprint density at radius 3 is 2.36 bits per heavy atom. The molecule has 3 rings (SSSR count). The number of carbonyl (C=O) groups is 1. The monoisotopic (exact) mass is 330 g/mol. The molecule has 5 heteroatoms. The van der Waals surface area contributed by atoms with E-state index in [2.05, 4.69) is 15.6 Å². The van der Waals surface area contributed by atoms with Crippen molar-refractivity contribution in [3.05, 3.63) is 95.8 Å². The highest BCUT2D eigenvalue weighted by molar-refractivity contribution is 6.11. The van der Waals surface area contributed by atoms with Crippen LogP contribution < -0.4 is 5.43 Å². The number of aryl methyl sites for hydroxylation is 1. The number of nitrogens with one attached hydrogen (secondary N) is 1. The summed E-state index contributed by atoms with van der Waals surface area (Å²) in [6.45, 7) is 0. The first-order valence-electron chi connectivity index (χ1n) is 7.88. The number of carbonyl (C=O) groups excluding carboxylic acids is 1. The summed E-state index contributed by atoms with van der Waals surface area (Å²) in [5.41, 5.74) is 5.53. The maximum atomic E-state index is 12.1. The SMILES string of the molecule is Cn1ccc(C(=O)N/N=C(/C=C/c2ccccc2)c2ccccc2)n1. The van der Waals surface area contributed by atoms with Gasteiger partial charge in [-0.15, -0.1) is 0 Å². The highest BCUT2D eigenvalue weighted by Gasteiger charge is 2.08. The molecule has 0 fully saturated rings. The largest absolute Gasteiger partial charge is 0.291 e. The second kappa shape index (κ2) is 7.88. The van der Waals surface area contributed by atoms with E-state index >= 15 is 0 Å². The second-order valence-electron chi connectivity index (χ2n) is 5.42. The van der Waals surface area contributed by atoms with E-state index in [-0.39, 0.29) is 5.91 Å². The summed E-state index contributed by atoms with van der Waals surface area (Å²) < 4.78 is 1.58. The number of hydrogen-bond acceptors (Lipinski definition) is 3. The zero-order chi connectivity index (χ0) is 17.5. The zero-order valence-electron chi connectivity index (χ0n) is 13.8. The summed E-state index contributed by atoms with van der Waals surface area (Å²) in [6, 6.07) is 21.3. The first-order valence-corrected chi connectivity index (χ1v) is 7.88. The van der Waals surface area contributed by atoms with Crippen LogP contribution >= 0.6 is 0 Å². The molecular weight excluding hydrogens is 312 g/mol. The Morgan fingerprint density at radius 2 is 1.72 bits per heavy atom. The Labute approximate surface area is 146 Å². The van der Waals surface area contributed by atoms with Gasteiger partial charge in [0.25, 0.3) is 5.91 Å². The molecular formula is C20H18N4O. The lowest BCUT2D eigenvalue weighted by molar-refractivity contribution is 0.0949. The fourth-order valence-corrected chi connectivity index (χ4v) is 2.25. The van der Waals surface area contributed by atoms with Gasteiger partial charge < -0.3 is 0 Å². The van der Waals surface area contributed by atoms with Gasteiger partial charge in [-0.05, 0) is 17.7 Å². The molecule has 0 aliphatic heterocycles. The van der Waals surface area contributed by atoms with Gasteiger partial charge in [0.05, 0.1) is 5.71 Å². The van der Waals surface area contributed by atoms with Gasteiger partial charge in [0.15, 0.2) is 5.69 Å². The van der Waals surface area contributed by atoms with Gasteiger partial charge >= 0.3 is 0 Å². The summed E-state index contributed by atoms with van der Waals surface area (Å²) in [7, 11) is 1.76. The molecule has 0 saturated heterocycles. The van der Waals surface area contributed by atoms with Gasteiger partial charge in [-0.3, -0.25) is 9.48 Å². The third-order valence-corrected chi connectivity index (χ3v) is 3.53. The number of rotatable bonds is 5. The molecule has 1 heterocycles. The predicted octanol–water partition coefficient (Wildman–Crippen LogP) is 3.27. The van der Waals surface area contributed by atoms with E-state index in [0.29, 0.717) is 11.4 Å². The minimum Gasteiger partial charge on any atom is -0.275 e.